The number of carbonyl (C=O) groups is 1. The molecule has 1 unspecified atom stereocenters. The minimum absolute atomic E-state index is 0.165. The molecule has 0 radical (unpaired) electrons. The van der Waals surface area contributed by atoms with E-state index in [4.69, 9.17) is 5.73 Å². The molecule has 0 aromatic rings. The van der Waals surface area contributed by atoms with Gasteiger partial charge in [-0.1, -0.05) is 6.92 Å². The zero-order valence-corrected chi connectivity index (χ0v) is 8.12. The first-order chi connectivity index (χ1) is 5.12. The third kappa shape index (κ3) is 6.38. The van der Waals surface area contributed by atoms with Gasteiger partial charge in [0.1, 0.15) is 6.29 Å². The minimum Gasteiger partial charge on any atom is -0.325 e. The van der Waals surface area contributed by atoms with Crippen LogP contribution in [0.4, 0.5) is 0 Å². The van der Waals surface area contributed by atoms with E-state index in [9.17, 15) is 4.79 Å². The maximum atomic E-state index is 10.1. The highest BCUT2D eigenvalue weighted by molar-refractivity contribution is 7.99. The lowest BCUT2D eigenvalue weighted by atomic mass is 10.0. The molecule has 0 amide bonds. The van der Waals surface area contributed by atoms with E-state index in [1.807, 2.05) is 18.7 Å². The molecule has 0 saturated heterocycles. The molecule has 66 valence electrons. The molecule has 0 aliphatic heterocycles. The standard InChI is InChI=1S/C8H17NOS/c1-3-11-7-8(2,9)5-4-6-10/h6H,3-5,7,9H2,1-2H3. The quantitative estimate of drug-likeness (QED) is 0.621. The van der Waals surface area contributed by atoms with Crippen LogP contribution >= 0.6 is 11.8 Å². The summed E-state index contributed by atoms with van der Waals surface area (Å²) >= 11 is 1.82. The fraction of sp³-hybridized carbons (Fsp3) is 0.875. The van der Waals surface area contributed by atoms with E-state index in [1.54, 1.807) is 0 Å². The number of hydrogen-bond donors (Lipinski definition) is 1. The summed E-state index contributed by atoms with van der Waals surface area (Å²) in [5, 5.41) is 0. The van der Waals surface area contributed by atoms with Gasteiger partial charge in [0.25, 0.3) is 0 Å². The monoisotopic (exact) mass is 175 g/mol. The molecule has 2 N–H and O–H groups in total. The van der Waals surface area contributed by atoms with Gasteiger partial charge in [0.15, 0.2) is 0 Å². The second kappa shape index (κ2) is 5.61. The van der Waals surface area contributed by atoms with E-state index in [-0.39, 0.29) is 5.54 Å². The zero-order valence-electron chi connectivity index (χ0n) is 7.30. The molecule has 1 atom stereocenters. The van der Waals surface area contributed by atoms with Crippen molar-refractivity contribution in [2.75, 3.05) is 11.5 Å². The highest BCUT2D eigenvalue weighted by Gasteiger charge is 2.16. The summed E-state index contributed by atoms with van der Waals surface area (Å²) < 4.78 is 0. The van der Waals surface area contributed by atoms with Crippen molar-refractivity contribution in [2.24, 2.45) is 5.73 Å². The molecule has 0 spiro atoms. The van der Waals surface area contributed by atoms with Crippen molar-refractivity contribution >= 4 is 18.0 Å². The summed E-state index contributed by atoms with van der Waals surface area (Å²) in [7, 11) is 0. The van der Waals surface area contributed by atoms with Gasteiger partial charge in [-0.15, -0.1) is 0 Å². The molecular weight excluding hydrogens is 158 g/mol. The normalized spacial score (nSPS) is 15.9. The molecule has 3 heteroatoms. The highest BCUT2D eigenvalue weighted by atomic mass is 32.2. The molecule has 0 aliphatic carbocycles. The molecule has 2 nitrogen and oxygen atoms in total. The third-order valence-corrected chi connectivity index (χ3v) is 2.74. The van der Waals surface area contributed by atoms with E-state index in [2.05, 4.69) is 6.92 Å². The fourth-order valence-corrected chi connectivity index (χ4v) is 1.61. The van der Waals surface area contributed by atoms with Gasteiger partial charge in [-0.05, 0) is 19.1 Å². The summed E-state index contributed by atoms with van der Waals surface area (Å²) in [5.41, 5.74) is 5.74. The number of thioether (sulfide) groups is 1. The first-order valence-corrected chi connectivity index (χ1v) is 5.08. The average Bonchev–Trinajstić information content (AvgIpc) is 1.97. The third-order valence-electron chi connectivity index (χ3n) is 1.47. The summed E-state index contributed by atoms with van der Waals surface area (Å²) in [4.78, 5) is 10.1. The van der Waals surface area contributed by atoms with E-state index in [0.717, 1.165) is 24.2 Å². The van der Waals surface area contributed by atoms with Crippen molar-refractivity contribution in [1.29, 1.82) is 0 Å². The van der Waals surface area contributed by atoms with Crippen LogP contribution < -0.4 is 5.73 Å². The Kier molecular flexibility index (Phi) is 5.60. The predicted molar refractivity (Wildman–Crippen MR) is 50.9 cm³/mol. The Morgan fingerprint density at radius 2 is 2.27 bits per heavy atom. The maximum Gasteiger partial charge on any atom is 0.120 e. The van der Waals surface area contributed by atoms with Gasteiger partial charge in [0, 0.05) is 17.7 Å². The van der Waals surface area contributed by atoms with Gasteiger partial charge in [-0.25, -0.2) is 0 Å². The van der Waals surface area contributed by atoms with Gasteiger partial charge in [0.05, 0.1) is 0 Å². The maximum absolute atomic E-state index is 10.1. The van der Waals surface area contributed by atoms with E-state index < -0.39 is 0 Å². The van der Waals surface area contributed by atoms with Gasteiger partial charge >= 0.3 is 0 Å². The van der Waals surface area contributed by atoms with Crippen LogP contribution in [-0.4, -0.2) is 23.3 Å². The molecule has 0 bridgehead atoms. The van der Waals surface area contributed by atoms with Crippen molar-refractivity contribution in [3.8, 4) is 0 Å². The van der Waals surface area contributed by atoms with Crippen molar-refractivity contribution in [2.45, 2.75) is 32.2 Å². The Morgan fingerprint density at radius 1 is 1.64 bits per heavy atom. The van der Waals surface area contributed by atoms with Gasteiger partial charge < -0.3 is 10.5 Å². The number of carbonyl (C=O) groups excluding carboxylic acids is 1. The summed E-state index contributed by atoms with van der Waals surface area (Å²) in [6, 6.07) is 0. The smallest absolute Gasteiger partial charge is 0.120 e. The SMILES string of the molecule is CCSCC(C)(N)CCC=O. The molecule has 0 saturated carbocycles. The van der Waals surface area contributed by atoms with Crippen molar-refractivity contribution in [3.05, 3.63) is 0 Å². The summed E-state index contributed by atoms with van der Waals surface area (Å²) in [5.74, 6) is 2.03. The summed E-state index contributed by atoms with van der Waals surface area (Å²) in [6.07, 6.45) is 2.31. The van der Waals surface area contributed by atoms with Crippen LogP contribution in [0.25, 0.3) is 0 Å². The van der Waals surface area contributed by atoms with Gasteiger partial charge in [-0.2, -0.15) is 11.8 Å². The Hall–Kier alpha value is -0.0200. The van der Waals surface area contributed by atoms with Crippen LogP contribution in [0, 0.1) is 0 Å². The van der Waals surface area contributed by atoms with Crippen molar-refractivity contribution in [1.82, 2.24) is 0 Å². The Labute approximate surface area is 72.9 Å². The van der Waals surface area contributed by atoms with Crippen LogP contribution in [0.1, 0.15) is 26.7 Å². The van der Waals surface area contributed by atoms with Crippen LogP contribution in [0.15, 0.2) is 0 Å². The topological polar surface area (TPSA) is 43.1 Å². The van der Waals surface area contributed by atoms with Crippen LogP contribution in [0.5, 0.6) is 0 Å². The molecule has 0 aromatic heterocycles. The first-order valence-electron chi connectivity index (χ1n) is 3.92. The predicted octanol–water partition coefficient (Wildman–Crippen LogP) is 1.44. The second-order valence-corrected chi connectivity index (χ2v) is 4.27. The molecule has 0 rings (SSSR count). The Bertz CT molecular complexity index is 115. The largest absolute Gasteiger partial charge is 0.325 e. The zero-order chi connectivity index (χ0) is 8.74. The lowest BCUT2D eigenvalue weighted by Crippen LogP contribution is -2.38. The second-order valence-electron chi connectivity index (χ2n) is 3.00. The summed E-state index contributed by atoms with van der Waals surface area (Å²) in [6.45, 7) is 4.11. The minimum atomic E-state index is -0.165. The van der Waals surface area contributed by atoms with Gasteiger partial charge in [-0.3, -0.25) is 0 Å². The van der Waals surface area contributed by atoms with Gasteiger partial charge in [0.2, 0.25) is 0 Å². The van der Waals surface area contributed by atoms with Crippen molar-refractivity contribution < 1.29 is 4.79 Å². The van der Waals surface area contributed by atoms with Crippen LogP contribution in [0.3, 0.4) is 0 Å². The number of hydrogen-bond acceptors (Lipinski definition) is 3. The first kappa shape index (κ1) is 11.0. The van der Waals surface area contributed by atoms with E-state index in [1.165, 1.54) is 0 Å². The Balaban J connectivity index is 3.51. The number of nitrogens with two attached hydrogens (primary N) is 1. The molecule has 0 heterocycles. The van der Waals surface area contributed by atoms with E-state index >= 15 is 0 Å². The average molecular weight is 175 g/mol. The van der Waals surface area contributed by atoms with Crippen LogP contribution in [0.2, 0.25) is 0 Å². The van der Waals surface area contributed by atoms with Crippen molar-refractivity contribution in [3.63, 3.8) is 0 Å². The van der Waals surface area contributed by atoms with E-state index in [0.29, 0.717) is 6.42 Å². The molecule has 0 aromatic carbocycles. The number of rotatable bonds is 6. The molecule has 0 aliphatic rings. The fourth-order valence-electron chi connectivity index (χ4n) is 0.796. The molecule has 11 heavy (non-hydrogen) atoms. The lowest BCUT2D eigenvalue weighted by molar-refractivity contribution is -0.108. The molecular formula is C8H17NOS. The van der Waals surface area contributed by atoms with Crippen LogP contribution in [-0.2, 0) is 4.79 Å². The molecule has 0 fully saturated rings. The lowest BCUT2D eigenvalue weighted by Gasteiger charge is -2.22. The number of aldehydes is 1. The highest BCUT2D eigenvalue weighted by Crippen LogP contribution is 2.14. The Morgan fingerprint density at radius 3 is 2.73 bits per heavy atom.